The predicted octanol–water partition coefficient (Wildman–Crippen LogP) is 11.0. The van der Waals surface area contributed by atoms with E-state index >= 15 is 8.78 Å². The monoisotopic (exact) mass is 1070 g/mol. The third-order valence-electron chi connectivity index (χ3n) is 16.4. The van der Waals surface area contributed by atoms with E-state index in [2.05, 4.69) is 95.2 Å². The molecule has 10 rings (SSSR count). The number of piperazine rings is 1. The van der Waals surface area contributed by atoms with E-state index in [-0.39, 0.29) is 66.9 Å². The lowest BCUT2D eigenvalue weighted by atomic mass is 9.59. The summed E-state index contributed by atoms with van der Waals surface area (Å²) in [5.74, 6) is -0.203. The maximum Gasteiger partial charge on any atom is 0.293 e. The number of carbonyl (C=O) groups is 1. The number of amides is 1. The van der Waals surface area contributed by atoms with Crippen molar-refractivity contribution in [2.45, 2.75) is 107 Å². The SMILES string of the molecule is COc1cc(CN2CCN(C3CC4(CCN(c5cc(Oc6cnc7[nH]ccc7c6)c(C(=O)NS(=O)(=O)c6ccc(NCC7(F)CCOCC7)c([N+](=O)[O-])c6)cc5F)CC4)C3)[C@H](c3ccccc3C(C)C)C2)ccc1C(C)C. The van der Waals surface area contributed by atoms with Crippen molar-refractivity contribution < 1.29 is 41.1 Å². The van der Waals surface area contributed by atoms with Crippen molar-refractivity contribution in [1.82, 2.24) is 24.5 Å². The second-order valence-electron chi connectivity index (χ2n) is 22.0. The first-order valence-electron chi connectivity index (χ1n) is 26.7. The molecule has 19 heteroatoms. The van der Waals surface area contributed by atoms with Gasteiger partial charge in [0.15, 0.2) is 0 Å². The molecule has 0 radical (unpaired) electrons. The van der Waals surface area contributed by atoms with Crippen molar-refractivity contribution >= 4 is 44.0 Å². The average molecular weight is 1080 g/mol. The van der Waals surface area contributed by atoms with Crippen LogP contribution in [0.1, 0.15) is 117 Å². The fraction of sp³-hybridized carbons (Fsp3) is 0.448. The van der Waals surface area contributed by atoms with Gasteiger partial charge in [0.1, 0.15) is 40.1 Å². The molecular formula is C58H68F2N8O8S. The van der Waals surface area contributed by atoms with Crippen LogP contribution in [-0.2, 0) is 21.3 Å². The van der Waals surface area contributed by atoms with Gasteiger partial charge in [-0.3, -0.25) is 24.7 Å². The summed E-state index contributed by atoms with van der Waals surface area (Å²) < 4.78 is 78.9. The smallest absolute Gasteiger partial charge is 0.293 e. The summed E-state index contributed by atoms with van der Waals surface area (Å²) in [6.45, 7) is 13.8. The van der Waals surface area contributed by atoms with E-state index in [0.29, 0.717) is 42.0 Å². The highest BCUT2D eigenvalue weighted by molar-refractivity contribution is 7.90. The number of H-pyrrole nitrogens is 1. The molecule has 408 valence electrons. The van der Waals surface area contributed by atoms with E-state index in [4.69, 9.17) is 14.2 Å². The van der Waals surface area contributed by atoms with Crippen molar-refractivity contribution in [3.05, 3.63) is 141 Å². The number of aromatic amines is 1. The summed E-state index contributed by atoms with van der Waals surface area (Å²) in [4.78, 5) is 39.6. The summed E-state index contributed by atoms with van der Waals surface area (Å²) in [6.07, 6.45) is 7.07. The summed E-state index contributed by atoms with van der Waals surface area (Å²) in [5, 5.41) is 15.6. The number of hydrogen-bond acceptors (Lipinski definition) is 13. The van der Waals surface area contributed by atoms with E-state index in [1.165, 1.54) is 34.5 Å². The van der Waals surface area contributed by atoms with E-state index < -0.39 is 48.5 Å². The number of piperidine rings is 1. The lowest BCUT2D eigenvalue weighted by Gasteiger charge is -2.58. The quantitative estimate of drug-likeness (QED) is 0.0580. The molecule has 1 amide bonds. The zero-order valence-corrected chi connectivity index (χ0v) is 45.1. The Kier molecular flexibility index (Phi) is 15.3. The Morgan fingerprint density at radius 2 is 1.68 bits per heavy atom. The van der Waals surface area contributed by atoms with Crippen LogP contribution >= 0.6 is 0 Å². The number of nitro benzene ring substituents is 1. The molecule has 3 N–H and O–H groups in total. The van der Waals surface area contributed by atoms with Crippen LogP contribution in [0.5, 0.6) is 17.2 Å². The number of halogens is 2. The number of nitrogens with zero attached hydrogens (tertiary/aromatic N) is 5. The highest BCUT2D eigenvalue weighted by atomic mass is 32.2. The van der Waals surface area contributed by atoms with E-state index in [0.717, 1.165) is 81.9 Å². The molecule has 1 atom stereocenters. The number of hydrogen-bond donors (Lipinski definition) is 3. The maximum absolute atomic E-state index is 16.6. The number of methoxy groups -OCH3 is 1. The Hall–Kier alpha value is -6.67. The number of aromatic nitrogens is 2. The summed E-state index contributed by atoms with van der Waals surface area (Å²) in [5.41, 5.74) is 3.25. The molecule has 1 spiro atoms. The summed E-state index contributed by atoms with van der Waals surface area (Å²) in [6, 6.07) is 25.0. The topological polar surface area (TPSA) is 184 Å². The third kappa shape index (κ3) is 11.5. The molecule has 1 aliphatic carbocycles. The van der Waals surface area contributed by atoms with Gasteiger partial charge in [-0.2, -0.15) is 0 Å². The fourth-order valence-electron chi connectivity index (χ4n) is 12.0. The van der Waals surface area contributed by atoms with Crippen molar-refractivity contribution in [2.24, 2.45) is 5.41 Å². The van der Waals surface area contributed by atoms with Crippen molar-refractivity contribution in [3.8, 4) is 17.2 Å². The minimum Gasteiger partial charge on any atom is -0.496 e. The van der Waals surface area contributed by atoms with Crippen LogP contribution in [0.3, 0.4) is 0 Å². The van der Waals surface area contributed by atoms with E-state index in [1.807, 2.05) is 9.62 Å². The molecule has 2 aromatic heterocycles. The normalized spacial score (nSPS) is 19.1. The number of carbonyl (C=O) groups excluding carboxylic acids is 1. The van der Waals surface area contributed by atoms with E-state index in [9.17, 15) is 23.3 Å². The molecule has 5 heterocycles. The fourth-order valence-corrected chi connectivity index (χ4v) is 13.0. The minimum absolute atomic E-state index is 0.0837. The number of rotatable bonds is 17. The number of ether oxygens (including phenoxy) is 3. The highest BCUT2D eigenvalue weighted by Gasteiger charge is 2.50. The van der Waals surface area contributed by atoms with E-state index in [1.54, 1.807) is 25.4 Å². The first-order valence-corrected chi connectivity index (χ1v) is 28.2. The molecule has 3 aliphatic heterocycles. The molecule has 1 saturated carbocycles. The summed E-state index contributed by atoms with van der Waals surface area (Å²) >= 11 is 0. The van der Waals surface area contributed by atoms with Gasteiger partial charge >= 0.3 is 0 Å². The Labute approximate surface area is 448 Å². The Morgan fingerprint density at radius 1 is 0.922 bits per heavy atom. The van der Waals surface area contributed by atoms with Crippen LogP contribution < -0.4 is 24.4 Å². The van der Waals surface area contributed by atoms with Crippen LogP contribution in [0.2, 0.25) is 0 Å². The number of sulfonamides is 1. The molecule has 16 nitrogen and oxygen atoms in total. The molecule has 4 aliphatic rings. The van der Waals surface area contributed by atoms with Crippen molar-refractivity contribution in [3.63, 3.8) is 0 Å². The van der Waals surface area contributed by atoms with Crippen LogP contribution in [-0.4, -0.2) is 110 Å². The zero-order valence-electron chi connectivity index (χ0n) is 44.3. The molecular weight excluding hydrogens is 1010 g/mol. The van der Waals surface area contributed by atoms with Gasteiger partial charge in [0.05, 0.1) is 34.4 Å². The van der Waals surface area contributed by atoms with Gasteiger partial charge in [0.25, 0.3) is 21.6 Å². The second kappa shape index (κ2) is 22.0. The van der Waals surface area contributed by atoms with Crippen molar-refractivity contribution in [2.75, 3.05) is 69.8 Å². The van der Waals surface area contributed by atoms with Gasteiger partial charge in [0, 0.05) is 108 Å². The van der Waals surface area contributed by atoms with Crippen LogP contribution in [0.25, 0.3) is 11.0 Å². The van der Waals surface area contributed by atoms with Gasteiger partial charge in [-0.1, -0.05) is 64.1 Å². The number of anilines is 2. The van der Waals surface area contributed by atoms with Gasteiger partial charge in [-0.25, -0.2) is 26.9 Å². The Balaban J connectivity index is 0.850. The predicted molar refractivity (Wildman–Crippen MR) is 292 cm³/mol. The number of benzene rings is 4. The molecule has 6 aromatic rings. The first kappa shape index (κ1) is 53.7. The lowest BCUT2D eigenvalue weighted by Crippen LogP contribution is -2.60. The standard InChI is InChI=1S/C58H68F2N8O8S/c1-37(2)44-8-6-7-9-46(44)52-35-65(34-39-10-12-45(38(3)4)53(26-39)74-5)22-23-67(52)41-31-57(32-41)15-20-66(21-16-57)50-30-54(76-42-27-40-14-19-61-55(40)62-33-42)47(29-48(50)59)56(69)64-77(72,73)43-11-13-49(51(28-43)68(70)71)63-36-58(60)17-24-75-25-18-58/h6-14,19,26-30,33,37-38,41,52,63H,15-18,20-25,31-32,34-36H2,1-5H3,(H,61,62)(H,64,69)/t52-/m0/s1. The van der Waals surface area contributed by atoms with Crippen LogP contribution in [0, 0.1) is 21.3 Å². The van der Waals surface area contributed by atoms with Crippen LogP contribution in [0.15, 0.2) is 102 Å². The molecule has 4 aromatic carbocycles. The molecule has 4 fully saturated rings. The zero-order chi connectivity index (χ0) is 54.2. The van der Waals surface area contributed by atoms with Gasteiger partial charge < -0.3 is 29.4 Å². The second-order valence-corrected chi connectivity index (χ2v) is 23.7. The number of alkyl halides is 1. The Bertz CT molecular complexity index is 3260. The summed E-state index contributed by atoms with van der Waals surface area (Å²) in [7, 11) is -3.04. The number of nitrogens with one attached hydrogen (secondary N) is 3. The highest BCUT2D eigenvalue weighted by Crippen LogP contribution is 2.54. The molecule has 3 saturated heterocycles. The molecule has 0 unspecified atom stereocenters. The van der Waals surface area contributed by atoms with Gasteiger partial charge in [0.2, 0.25) is 0 Å². The average Bonchev–Trinajstić information content (AvgIpc) is 3.90. The Morgan fingerprint density at radius 3 is 2.40 bits per heavy atom. The minimum atomic E-state index is -4.79. The third-order valence-corrected chi connectivity index (χ3v) is 17.7. The van der Waals surface area contributed by atoms with Crippen molar-refractivity contribution in [1.29, 1.82) is 0 Å². The van der Waals surface area contributed by atoms with Gasteiger partial charge in [-0.05, 0) is 102 Å². The van der Waals surface area contributed by atoms with Gasteiger partial charge in [-0.15, -0.1) is 0 Å². The first-order chi connectivity index (χ1) is 36.9. The number of nitro groups is 1. The van der Waals surface area contributed by atoms with Crippen LogP contribution in [0.4, 0.5) is 25.8 Å². The molecule has 0 bridgehead atoms. The lowest BCUT2D eigenvalue weighted by molar-refractivity contribution is -0.384. The number of fused-ring (bicyclic) bond motifs is 1. The number of pyridine rings is 1. The maximum atomic E-state index is 16.6. The largest absolute Gasteiger partial charge is 0.496 e. The molecule has 77 heavy (non-hydrogen) atoms.